The van der Waals surface area contributed by atoms with Crippen LogP contribution >= 0.6 is 11.3 Å². The van der Waals surface area contributed by atoms with Crippen LogP contribution in [0, 0.1) is 17.1 Å². The molecule has 0 radical (unpaired) electrons. The van der Waals surface area contributed by atoms with Gasteiger partial charge in [-0.25, -0.2) is 9.37 Å². The first-order valence-electron chi connectivity index (χ1n) is 8.49. The minimum absolute atomic E-state index is 0.169. The summed E-state index contributed by atoms with van der Waals surface area (Å²) in [6.45, 7) is 5.00. The van der Waals surface area contributed by atoms with Crippen LogP contribution in [0.3, 0.4) is 0 Å². The average Bonchev–Trinajstić information content (AvgIpc) is 3.08. The van der Waals surface area contributed by atoms with Crippen LogP contribution < -0.4 is 16.8 Å². The molecule has 2 heterocycles. The number of halogens is 1. The van der Waals surface area contributed by atoms with E-state index in [0.29, 0.717) is 28.8 Å². The molecule has 140 valence electrons. The summed E-state index contributed by atoms with van der Waals surface area (Å²) in [5.41, 5.74) is 15.1. The van der Waals surface area contributed by atoms with E-state index in [4.69, 9.17) is 16.7 Å². The van der Waals surface area contributed by atoms with Crippen LogP contribution in [0.4, 0.5) is 15.2 Å². The topological polar surface area (TPSA) is 104 Å². The molecule has 1 aliphatic rings. The Labute approximate surface area is 161 Å². The van der Waals surface area contributed by atoms with Gasteiger partial charge in [0.25, 0.3) is 0 Å². The van der Waals surface area contributed by atoms with Crippen molar-refractivity contribution in [2.45, 2.75) is 26.8 Å². The lowest BCUT2D eigenvalue weighted by Crippen LogP contribution is -2.34. The molecule has 3 rings (SSSR count). The maximum atomic E-state index is 13.8. The highest BCUT2D eigenvalue weighted by molar-refractivity contribution is 7.15. The molecule has 8 heteroatoms. The van der Waals surface area contributed by atoms with Crippen LogP contribution in [0.15, 0.2) is 46.9 Å². The van der Waals surface area contributed by atoms with E-state index in [0.717, 1.165) is 29.1 Å². The number of anilines is 2. The van der Waals surface area contributed by atoms with Crippen molar-refractivity contribution < 1.29 is 4.39 Å². The van der Waals surface area contributed by atoms with Gasteiger partial charge in [-0.1, -0.05) is 23.5 Å². The summed E-state index contributed by atoms with van der Waals surface area (Å²) >= 11 is 1.49. The summed E-state index contributed by atoms with van der Waals surface area (Å²) in [6, 6.07) is 8.47. The van der Waals surface area contributed by atoms with E-state index in [-0.39, 0.29) is 11.5 Å². The molecule has 5 N–H and O–H groups in total. The molecular formula is C19H21FN6S. The molecule has 27 heavy (non-hydrogen) atoms. The van der Waals surface area contributed by atoms with Crippen molar-refractivity contribution in [1.29, 1.82) is 5.26 Å². The van der Waals surface area contributed by atoms with Gasteiger partial charge in [-0.2, -0.15) is 5.26 Å². The van der Waals surface area contributed by atoms with Crippen molar-refractivity contribution >= 4 is 22.2 Å². The third-order valence-electron chi connectivity index (χ3n) is 4.66. The number of hydrogen-bond donors (Lipinski definition) is 3. The van der Waals surface area contributed by atoms with Crippen molar-refractivity contribution in [2.24, 2.45) is 11.5 Å². The second kappa shape index (κ2) is 7.68. The van der Waals surface area contributed by atoms with Gasteiger partial charge < -0.3 is 21.7 Å². The van der Waals surface area contributed by atoms with Gasteiger partial charge in [-0.15, -0.1) is 0 Å². The number of thiazole rings is 1. The number of allylic oxidation sites excluding steroid dienone is 3. The molecule has 0 saturated carbocycles. The molecule has 0 saturated heterocycles. The fourth-order valence-corrected chi connectivity index (χ4v) is 3.88. The third-order valence-corrected chi connectivity index (χ3v) is 5.66. The molecule has 0 spiro atoms. The number of nitriles is 1. The molecule has 1 aliphatic heterocycles. The Morgan fingerprint density at radius 3 is 2.74 bits per heavy atom. The molecule has 0 amide bonds. The van der Waals surface area contributed by atoms with Crippen molar-refractivity contribution in [3.05, 3.63) is 63.3 Å². The number of aromatic nitrogens is 1. The van der Waals surface area contributed by atoms with E-state index in [1.54, 1.807) is 25.1 Å². The van der Waals surface area contributed by atoms with E-state index >= 15 is 0 Å². The Balaban J connectivity index is 1.80. The summed E-state index contributed by atoms with van der Waals surface area (Å²) < 4.78 is 13.8. The number of hydrogen-bond acceptors (Lipinski definition) is 7. The van der Waals surface area contributed by atoms with E-state index in [1.165, 1.54) is 17.4 Å². The maximum Gasteiger partial charge on any atom is 0.187 e. The van der Waals surface area contributed by atoms with Crippen molar-refractivity contribution in [1.82, 2.24) is 9.88 Å². The first-order chi connectivity index (χ1) is 12.9. The zero-order valence-electron chi connectivity index (χ0n) is 15.2. The highest BCUT2D eigenvalue weighted by Crippen LogP contribution is 2.32. The second-order valence-electron chi connectivity index (χ2n) is 6.33. The second-order valence-corrected chi connectivity index (χ2v) is 7.41. The Bertz CT molecular complexity index is 969. The molecule has 0 bridgehead atoms. The van der Waals surface area contributed by atoms with Crippen LogP contribution in [-0.2, 0) is 13.0 Å². The van der Waals surface area contributed by atoms with Gasteiger partial charge in [0.05, 0.1) is 17.9 Å². The predicted octanol–water partition coefficient (Wildman–Crippen LogP) is 3.33. The zero-order chi connectivity index (χ0) is 19.6. The van der Waals surface area contributed by atoms with Gasteiger partial charge >= 0.3 is 0 Å². The first-order valence-corrected chi connectivity index (χ1v) is 9.30. The number of rotatable bonds is 4. The van der Waals surface area contributed by atoms with Crippen LogP contribution in [0.5, 0.6) is 0 Å². The molecule has 6 nitrogen and oxygen atoms in total. The van der Waals surface area contributed by atoms with Gasteiger partial charge in [0.2, 0.25) is 0 Å². The van der Waals surface area contributed by atoms with Crippen molar-refractivity contribution in [2.75, 3.05) is 11.9 Å². The van der Waals surface area contributed by atoms with Gasteiger partial charge in [0.1, 0.15) is 23.4 Å². The summed E-state index contributed by atoms with van der Waals surface area (Å²) in [7, 11) is 0. The van der Waals surface area contributed by atoms with Crippen LogP contribution in [0.25, 0.3) is 0 Å². The lowest BCUT2D eigenvalue weighted by Gasteiger charge is -2.29. The number of nitrogens with zero attached hydrogens (tertiary/aromatic N) is 3. The molecular weight excluding hydrogens is 363 g/mol. The van der Waals surface area contributed by atoms with E-state index in [1.807, 2.05) is 13.0 Å². The molecule has 1 aromatic heterocycles. The van der Waals surface area contributed by atoms with E-state index in [9.17, 15) is 4.39 Å². The quantitative estimate of drug-likeness (QED) is 0.552. The van der Waals surface area contributed by atoms with E-state index < -0.39 is 0 Å². The fourth-order valence-electron chi connectivity index (χ4n) is 2.85. The van der Waals surface area contributed by atoms with Crippen LogP contribution in [-0.4, -0.2) is 16.4 Å². The Hall–Kier alpha value is -3.05. The number of para-hydroxylation sites is 1. The highest BCUT2D eigenvalue weighted by atomic mass is 32.1. The van der Waals surface area contributed by atoms with Crippen molar-refractivity contribution in [3.63, 3.8) is 0 Å². The maximum absolute atomic E-state index is 13.8. The molecule has 2 aromatic rings. The summed E-state index contributed by atoms with van der Waals surface area (Å²) in [4.78, 5) is 7.73. The predicted molar refractivity (Wildman–Crippen MR) is 105 cm³/mol. The fraction of sp³-hybridized carbons (Fsp3) is 0.263. The molecule has 0 fully saturated rings. The smallest absolute Gasteiger partial charge is 0.187 e. The minimum atomic E-state index is -0.313. The third kappa shape index (κ3) is 3.88. The molecule has 0 aliphatic carbocycles. The van der Waals surface area contributed by atoms with E-state index in [2.05, 4.69) is 15.2 Å². The minimum Gasteiger partial charge on any atom is -0.390 e. The standard InChI is InChI=1S/C19H21FN6S/c1-11(14(22)9-21)12(2)18(23)26-8-7-16-17(10-26)27-19(25-16)24-15-6-4-3-5-13(15)20/h3-6H,7-8,10,22-23H2,1-2H3,(H,24,25)/b14-11-,18-12+. The van der Waals surface area contributed by atoms with Crippen LogP contribution in [0.1, 0.15) is 24.4 Å². The number of fused-ring (bicyclic) bond motifs is 1. The van der Waals surface area contributed by atoms with Gasteiger partial charge in [-0.05, 0) is 37.1 Å². The first kappa shape index (κ1) is 18.7. The average molecular weight is 384 g/mol. The lowest BCUT2D eigenvalue weighted by molar-refractivity contribution is 0.317. The molecule has 1 aromatic carbocycles. The highest BCUT2D eigenvalue weighted by Gasteiger charge is 2.23. The summed E-state index contributed by atoms with van der Waals surface area (Å²) in [5, 5.41) is 12.7. The zero-order valence-corrected chi connectivity index (χ0v) is 16.0. The Kier molecular flexibility index (Phi) is 5.33. The number of nitrogens with two attached hydrogens (primary N) is 2. The molecule has 0 unspecified atom stereocenters. The molecule has 0 atom stereocenters. The summed E-state index contributed by atoms with van der Waals surface area (Å²) in [6.07, 6.45) is 0.745. The lowest BCUT2D eigenvalue weighted by atomic mass is 10.1. The largest absolute Gasteiger partial charge is 0.390 e. The number of benzene rings is 1. The summed E-state index contributed by atoms with van der Waals surface area (Å²) in [5.74, 6) is 0.292. The van der Waals surface area contributed by atoms with Crippen molar-refractivity contribution in [3.8, 4) is 6.07 Å². The SMILES string of the molecule is CC(=C(/N)C#N)/C(C)=C(\N)N1CCc2nc(Nc3ccccc3F)sc2C1. The van der Waals surface area contributed by atoms with Gasteiger partial charge in [-0.3, -0.25) is 0 Å². The monoisotopic (exact) mass is 384 g/mol. The number of nitrogens with one attached hydrogen (secondary N) is 1. The van der Waals surface area contributed by atoms with Crippen LogP contribution in [0.2, 0.25) is 0 Å². The van der Waals surface area contributed by atoms with Gasteiger partial charge in [0.15, 0.2) is 5.13 Å². The Morgan fingerprint density at radius 1 is 1.30 bits per heavy atom. The normalized spacial score (nSPS) is 15.4. The van der Waals surface area contributed by atoms with Gasteiger partial charge in [0, 0.05) is 17.8 Å². The Morgan fingerprint density at radius 2 is 2.04 bits per heavy atom.